The van der Waals surface area contributed by atoms with E-state index in [0.29, 0.717) is 0 Å². The third-order valence-corrected chi connectivity index (χ3v) is 9.50. The Morgan fingerprint density at radius 2 is 0.939 bits per heavy atom. The van der Waals surface area contributed by atoms with Gasteiger partial charge in [-0.3, -0.25) is 4.57 Å². The Morgan fingerprint density at radius 3 is 1.55 bits per heavy atom. The lowest BCUT2D eigenvalue weighted by molar-refractivity contribution is 1.10. The average Bonchev–Trinajstić information content (AvgIpc) is 3.58. The number of imidazole rings is 1. The van der Waals surface area contributed by atoms with Gasteiger partial charge in [0.15, 0.2) is 0 Å². The van der Waals surface area contributed by atoms with E-state index in [2.05, 4.69) is 198 Å². The lowest BCUT2D eigenvalue weighted by atomic mass is 9.97. The number of aromatic nitrogens is 2. The topological polar surface area (TPSA) is 21.1 Å². The van der Waals surface area contributed by atoms with Crippen LogP contribution in [0.4, 0.5) is 17.1 Å². The molecule has 0 bridgehead atoms. The standard InChI is InChI=1S/C46H33N3/c1-32-31-34(27-30-39(32)33-25-28-38(29-26-33)48(35-15-5-2-6-16-35)36-17-7-3-8-18-36)46-47-44-42-23-13-11-21-40(42)41-22-12-14-24-43(41)45(44)49(46)37-19-9-4-10-20-37/h2-31H,1H3. The summed E-state index contributed by atoms with van der Waals surface area (Å²) in [5.74, 6) is 0.939. The van der Waals surface area contributed by atoms with Gasteiger partial charge in [0, 0.05) is 39.1 Å². The zero-order valence-corrected chi connectivity index (χ0v) is 27.2. The molecule has 9 rings (SSSR count). The molecule has 3 heteroatoms. The molecule has 0 saturated heterocycles. The summed E-state index contributed by atoms with van der Waals surface area (Å²) in [4.78, 5) is 7.72. The molecule has 0 unspecified atom stereocenters. The SMILES string of the molecule is Cc1cc(-c2nc3c4ccccc4c4ccccc4c3n2-c2ccccc2)ccc1-c1ccc(N(c2ccccc2)c2ccccc2)cc1. The second-order valence-corrected chi connectivity index (χ2v) is 12.5. The number of rotatable bonds is 6. The highest BCUT2D eigenvalue weighted by atomic mass is 15.1. The molecule has 0 aliphatic heterocycles. The molecule has 232 valence electrons. The molecule has 0 amide bonds. The van der Waals surface area contributed by atoms with E-state index in [0.717, 1.165) is 45.2 Å². The van der Waals surface area contributed by atoms with E-state index >= 15 is 0 Å². The van der Waals surface area contributed by atoms with Crippen molar-refractivity contribution in [3.8, 4) is 28.2 Å². The van der Waals surface area contributed by atoms with Gasteiger partial charge in [0.1, 0.15) is 5.82 Å². The molecule has 8 aromatic carbocycles. The Labute approximate surface area is 286 Å². The van der Waals surface area contributed by atoms with Crippen LogP contribution >= 0.6 is 0 Å². The maximum atomic E-state index is 5.43. The molecule has 0 radical (unpaired) electrons. The van der Waals surface area contributed by atoms with Crippen LogP contribution in [0.1, 0.15) is 5.56 Å². The van der Waals surface area contributed by atoms with E-state index in [1.807, 2.05) is 0 Å². The molecule has 1 heterocycles. The molecular weight excluding hydrogens is 595 g/mol. The molecule has 0 fully saturated rings. The van der Waals surface area contributed by atoms with Crippen molar-refractivity contribution in [2.45, 2.75) is 6.92 Å². The first-order valence-electron chi connectivity index (χ1n) is 16.7. The summed E-state index contributed by atoms with van der Waals surface area (Å²) < 4.78 is 2.34. The summed E-state index contributed by atoms with van der Waals surface area (Å²) in [5.41, 5.74) is 11.3. The third-order valence-electron chi connectivity index (χ3n) is 9.50. The smallest absolute Gasteiger partial charge is 0.145 e. The van der Waals surface area contributed by atoms with Crippen molar-refractivity contribution in [2.24, 2.45) is 0 Å². The molecular formula is C46H33N3. The van der Waals surface area contributed by atoms with Crippen LogP contribution in [0.5, 0.6) is 0 Å². The van der Waals surface area contributed by atoms with Gasteiger partial charge in [-0.2, -0.15) is 0 Å². The van der Waals surface area contributed by atoms with Crippen molar-refractivity contribution in [2.75, 3.05) is 4.90 Å². The molecule has 9 aromatic rings. The van der Waals surface area contributed by atoms with Gasteiger partial charge in [-0.25, -0.2) is 4.98 Å². The lowest BCUT2D eigenvalue weighted by Crippen LogP contribution is -2.09. The Bertz CT molecular complexity index is 2550. The summed E-state index contributed by atoms with van der Waals surface area (Å²) in [6.45, 7) is 2.20. The monoisotopic (exact) mass is 627 g/mol. The second kappa shape index (κ2) is 12.0. The number of aryl methyl sites for hydroxylation is 1. The fourth-order valence-electron chi connectivity index (χ4n) is 7.25. The highest BCUT2D eigenvalue weighted by molar-refractivity contribution is 6.24. The van der Waals surface area contributed by atoms with Crippen molar-refractivity contribution in [3.63, 3.8) is 0 Å². The van der Waals surface area contributed by atoms with Crippen LogP contribution < -0.4 is 4.90 Å². The normalized spacial score (nSPS) is 11.4. The number of fused-ring (bicyclic) bond motifs is 6. The Balaban J connectivity index is 1.17. The Kier molecular flexibility index (Phi) is 7.02. The van der Waals surface area contributed by atoms with Gasteiger partial charge in [-0.15, -0.1) is 0 Å². The number of benzene rings is 8. The molecule has 0 N–H and O–H groups in total. The van der Waals surface area contributed by atoms with Gasteiger partial charge >= 0.3 is 0 Å². The van der Waals surface area contributed by atoms with Crippen LogP contribution in [0.3, 0.4) is 0 Å². The van der Waals surface area contributed by atoms with E-state index in [1.54, 1.807) is 0 Å². The molecule has 49 heavy (non-hydrogen) atoms. The van der Waals surface area contributed by atoms with Crippen LogP contribution in [0, 0.1) is 6.92 Å². The average molecular weight is 628 g/mol. The van der Waals surface area contributed by atoms with Crippen LogP contribution in [-0.2, 0) is 0 Å². The van der Waals surface area contributed by atoms with Gasteiger partial charge in [0.05, 0.1) is 11.0 Å². The first kappa shape index (κ1) is 28.7. The Hall–Kier alpha value is -6.45. The molecule has 0 aliphatic carbocycles. The largest absolute Gasteiger partial charge is 0.311 e. The van der Waals surface area contributed by atoms with Crippen LogP contribution in [0.2, 0.25) is 0 Å². The van der Waals surface area contributed by atoms with E-state index in [4.69, 9.17) is 4.98 Å². The maximum Gasteiger partial charge on any atom is 0.145 e. The zero-order chi connectivity index (χ0) is 32.7. The van der Waals surface area contributed by atoms with Gasteiger partial charge in [0.2, 0.25) is 0 Å². The van der Waals surface area contributed by atoms with Crippen LogP contribution in [0.15, 0.2) is 182 Å². The summed E-state index contributed by atoms with van der Waals surface area (Å²) in [5, 5.41) is 4.83. The van der Waals surface area contributed by atoms with E-state index in [-0.39, 0.29) is 0 Å². The first-order chi connectivity index (χ1) is 24.2. The molecule has 1 aromatic heterocycles. The first-order valence-corrected chi connectivity index (χ1v) is 16.7. The summed E-state index contributed by atoms with van der Waals surface area (Å²) in [6.07, 6.45) is 0. The summed E-state index contributed by atoms with van der Waals surface area (Å²) >= 11 is 0. The predicted octanol–water partition coefficient (Wildman–Crippen LogP) is 12.4. The van der Waals surface area contributed by atoms with Crippen molar-refractivity contribution >= 4 is 49.6 Å². The number of hydrogen-bond acceptors (Lipinski definition) is 2. The van der Waals surface area contributed by atoms with Crippen LogP contribution in [-0.4, -0.2) is 9.55 Å². The van der Waals surface area contributed by atoms with E-state index < -0.39 is 0 Å². The number of anilines is 3. The molecule has 0 atom stereocenters. The maximum absolute atomic E-state index is 5.43. The molecule has 0 saturated carbocycles. The number of para-hydroxylation sites is 3. The quantitative estimate of drug-likeness (QED) is 0.171. The molecule has 3 nitrogen and oxygen atoms in total. The Morgan fingerprint density at radius 1 is 0.449 bits per heavy atom. The van der Waals surface area contributed by atoms with Gasteiger partial charge in [-0.1, -0.05) is 127 Å². The van der Waals surface area contributed by atoms with Crippen molar-refractivity contribution in [1.29, 1.82) is 0 Å². The van der Waals surface area contributed by atoms with Gasteiger partial charge in [-0.05, 0) is 89.0 Å². The summed E-state index contributed by atoms with van der Waals surface area (Å²) in [7, 11) is 0. The van der Waals surface area contributed by atoms with Crippen molar-refractivity contribution < 1.29 is 0 Å². The number of nitrogens with zero attached hydrogens (tertiary/aromatic N) is 3. The fourth-order valence-corrected chi connectivity index (χ4v) is 7.25. The predicted molar refractivity (Wildman–Crippen MR) is 206 cm³/mol. The highest BCUT2D eigenvalue weighted by Crippen LogP contribution is 2.40. The minimum Gasteiger partial charge on any atom is -0.311 e. The highest BCUT2D eigenvalue weighted by Gasteiger charge is 2.20. The minimum atomic E-state index is 0.939. The molecule has 0 aliphatic rings. The third kappa shape index (κ3) is 4.95. The van der Waals surface area contributed by atoms with Crippen molar-refractivity contribution in [1.82, 2.24) is 9.55 Å². The zero-order valence-electron chi connectivity index (χ0n) is 27.2. The number of hydrogen-bond donors (Lipinski definition) is 0. The van der Waals surface area contributed by atoms with E-state index in [1.165, 1.54) is 38.2 Å². The lowest BCUT2D eigenvalue weighted by Gasteiger charge is -2.25. The second-order valence-electron chi connectivity index (χ2n) is 12.5. The molecule has 0 spiro atoms. The van der Waals surface area contributed by atoms with Gasteiger partial charge in [0.25, 0.3) is 0 Å². The van der Waals surface area contributed by atoms with Crippen molar-refractivity contribution in [3.05, 3.63) is 188 Å². The van der Waals surface area contributed by atoms with E-state index in [9.17, 15) is 0 Å². The fraction of sp³-hybridized carbons (Fsp3) is 0.0217. The summed E-state index contributed by atoms with van der Waals surface area (Å²) in [6, 6.07) is 64.7. The van der Waals surface area contributed by atoms with Gasteiger partial charge < -0.3 is 4.90 Å². The minimum absolute atomic E-state index is 0.939. The van der Waals surface area contributed by atoms with Crippen LogP contribution in [0.25, 0.3) is 60.8 Å².